The van der Waals surface area contributed by atoms with E-state index in [9.17, 15) is 18.3 Å². The van der Waals surface area contributed by atoms with Gasteiger partial charge in [-0.05, 0) is 48.5 Å². The van der Waals surface area contributed by atoms with E-state index < -0.39 is 15.8 Å². The molecule has 0 bridgehead atoms. The van der Waals surface area contributed by atoms with Gasteiger partial charge in [-0.25, -0.2) is 17.9 Å². The smallest absolute Gasteiger partial charge is 0.335 e. The standard InChI is InChI=1S/C21H13Cl2N3O4S/c22-15-9-7-13(8-10-15)19-20(31(29,30)18-6-2-4-16(23)12-18)24-25-26(19)17-5-1-3-14(11-17)21(27)28/h1-12H,(H,27,28). The summed E-state index contributed by atoms with van der Waals surface area (Å²) in [5.41, 5.74) is 1.01. The van der Waals surface area contributed by atoms with Crippen molar-refractivity contribution in [1.82, 2.24) is 15.0 Å². The predicted molar refractivity (Wildman–Crippen MR) is 116 cm³/mol. The van der Waals surface area contributed by atoms with Crippen molar-refractivity contribution in [2.24, 2.45) is 0 Å². The molecule has 0 fully saturated rings. The molecule has 4 rings (SSSR count). The SMILES string of the molecule is O=C(O)c1cccc(-n2nnc(S(=O)(=O)c3cccc(Cl)c3)c2-c2ccc(Cl)cc2)c1. The number of halogens is 2. The van der Waals surface area contributed by atoms with Crippen LogP contribution in [0.4, 0.5) is 0 Å². The van der Waals surface area contributed by atoms with Crippen molar-refractivity contribution in [3.05, 3.63) is 88.4 Å². The van der Waals surface area contributed by atoms with Crippen molar-refractivity contribution in [1.29, 1.82) is 0 Å². The highest BCUT2D eigenvalue weighted by Crippen LogP contribution is 2.33. The molecule has 0 saturated carbocycles. The highest BCUT2D eigenvalue weighted by atomic mass is 35.5. The number of benzene rings is 3. The Morgan fingerprint density at radius 1 is 0.903 bits per heavy atom. The van der Waals surface area contributed by atoms with E-state index in [1.54, 1.807) is 36.4 Å². The molecule has 0 spiro atoms. The van der Waals surface area contributed by atoms with Gasteiger partial charge in [0.1, 0.15) is 5.69 Å². The summed E-state index contributed by atoms with van der Waals surface area (Å²) in [6.07, 6.45) is 0. The summed E-state index contributed by atoms with van der Waals surface area (Å²) in [5.74, 6) is -1.12. The molecule has 0 atom stereocenters. The third kappa shape index (κ3) is 4.05. The lowest BCUT2D eigenvalue weighted by Crippen LogP contribution is -2.06. The highest BCUT2D eigenvalue weighted by Gasteiger charge is 2.29. The molecule has 0 aliphatic carbocycles. The number of sulfone groups is 1. The fourth-order valence-corrected chi connectivity index (χ4v) is 4.75. The van der Waals surface area contributed by atoms with E-state index in [4.69, 9.17) is 23.2 Å². The second-order valence-electron chi connectivity index (χ2n) is 6.48. The summed E-state index contributed by atoms with van der Waals surface area (Å²) in [4.78, 5) is 11.3. The fourth-order valence-electron chi connectivity index (χ4n) is 3.00. The number of hydrogen-bond donors (Lipinski definition) is 1. The minimum Gasteiger partial charge on any atom is -0.478 e. The van der Waals surface area contributed by atoms with Crippen molar-refractivity contribution in [2.45, 2.75) is 9.92 Å². The van der Waals surface area contributed by atoms with Crippen LogP contribution < -0.4 is 0 Å². The largest absolute Gasteiger partial charge is 0.478 e. The molecule has 0 amide bonds. The van der Waals surface area contributed by atoms with Gasteiger partial charge in [0.15, 0.2) is 0 Å². The van der Waals surface area contributed by atoms with Gasteiger partial charge in [-0.2, -0.15) is 0 Å². The van der Waals surface area contributed by atoms with E-state index in [0.717, 1.165) is 0 Å². The number of aromatic nitrogens is 3. The lowest BCUT2D eigenvalue weighted by molar-refractivity contribution is 0.0697. The van der Waals surface area contributed by atoms with Crippen LogP contribution in [-0.2, 0) is 9.84 Å². The van der Waals surface area contributed by atoms with Crippen LogP contribution in [0.15, 0.2) is 82.7 Å². The quantitative estimate of drug-likeness (QED) is 0.447. The number of carboxylic acid groups (broad SMARTS) is 1. The van der Waals surface area contributed by atoms with Gasteiger partial charge in [0.05, 0.1) is 16.1 Å². The molecular weight excluding hydrogens is 461 g/mol. The van der Waals surface area contributed by atoms with Crippen molar-refractivity contribution in [3.63, 3.8) is 0 Å². The normalized spacial score (nSPS) is 11.4. The maximum absolute atomic E-state index is 13.4. The van der Waals surface area contributed by atoms with Gasteiger partial charge in [-0.1, -0.05) is 52.7 Å². The molecule has 1 heterocycles. The van der Waals surface area contributed by atoms with E-state index >= 15 is 0 Å². The number of nitrogens with zero attached hydrogens (tertiary/aromatic N) is 3. The van der Waals surface area contributed by atoms with Crippen LogP contribution in [0.2, 0.25) is 10.0 Å². The van der Waals surface area contributed by atoms with E-state index in [1.807, 2.05) is 0 Å². The third-order valence-electron chi connectivity index (χ3n) is 4.46. The molecule has 3 aromatic carbocycles. The molecule has 0 radical (unpaired) electrons. The summed E-state index contributed by atoms with van der Waals surface area (Å²) in [7, 11) is -4.09. The van der Waals surface area contributed by atoms with E-state index in [0.29, 0.717) is 16.3 Å². The molecule has 0 saturated heterocycles. The first-order valence-corrected chi connectivity index (χ1v) is 11.1. The van der Waals surface area contributed by atoms with Crippen LogP contribution in [0, 0.1) is 0 Å². The predicted octanol–water partition coefficient (Wildman–Crippen LogP) is 4.77. The summed E-state index contributed by atoms with van der Waals surface area (Å²) >= 11 is 12.0. The van der Waals surface area contributed by atoms with Gasteiger partial charge >= 0.3 is 5.97 Å². The van der Waals surface area contributed by atoms with E-state index in [1.165, 1.54) is 41.1 Å². The van der Waals surface area contributed by atoms with Crippen LogP contribution in [-0.4, -0.2) is 34.5 Å². The Hall–Kier alpha value is -3.20. The summed E-state index contributed by atoms with van der Waals surface area (Å²) in [6, 6.07) is 18.3. The van der Waals surface area contributed by atoms with Gasteiger partial charge in [-0.3, -0.25) is 0 Å². The van der Waals surface area contributed by atoms with Gasteiger partial charge in [-0.15, -0.1) is 5.10 Å². The topological polar surface area (TPSA) is 102 Å². The summed E-state index contributed by atoms with van der Waals surface area (Å²) < 4.78 is 28.0. The first-order valence-electron chi connectivity index (χ1n) is 8.83. The van der Waals surface area contributed by atoms with Crippen LogP contribution in [0.5, 0.6) is 0 Å². The molecule has 1 N–H and O–H groups in total. The number of carbonyl (C=O) groups is 1. The second kappa shape index (κ2) is 8.14. The average Bonchev–Trinajstić information content (AvgIpc) is 3.20. The average molecular weight is 474 g/mol. The summed E-state index contributed by atoms with van der Waals surface area (Å²) in [5, 5.41) is 17.7. The maximum atomic E-state index is 13.4. The number of carboxylic acids is 1. The van der Waals surface area contributed by atoms with Gasteiger partial charge in [0.2, 0.25) is 14.9 Å². The summed E-state index contributed by atoms with van der Waals surface area (Å²) in [6.45, 7) is 0. The van der Waals surface area contributed by atoms with Crippen LogP contribution in [0.1, 0.15) is 10.4 Å². The molecule has 1 aromatic heterocycles. The van der Waals surface area contributed by atoms with Crippen LogP contribution >= 0.6 is 23.2 Å². The Bertz CT molecular complexity index is 1400. The minimum atomic E-state index is -4.09. The first kappa shape index (κ1) is 21.0. The molecule has 156 valence electrons. The third-order valence-corrected chi connectivity index (χ3v) is 6.60. The van der Waals surface area contributed by atoms with Crippen LogP contribution in [0.25, 0.3) is 16.9 Å². The minimum absolute atomic E-state index is 0.0225. The van der Waals surface area contributed by atoms with Crippen LogP contribution in [0.3, 0.4) is 0 Å². The Labute approximate surface area is 187 Å². The number of rotatable bonds is 5. The Kier molecular flexibility index (Phi) is 5.53. The van der Waals surface area contributed by atoms with Gasteiger partial charge < -0.3 is 5.11 Å². The molecule has 0 aliphatic heterocycles. The maximum Gasteiger partial charge on any atom is 0.335 e. The second-order valence-corrected chi connectivity index (χ2v) is 9.22. The zero-order valence-corrected chi connectivity index (χ0v) is 17.9. The lowest BCUT2D eigenvalue weighted by atomic mass is 10.1. The molecule has 0 unspecified atom stereocenters. The molecule has 7 nitrogen and oxygen atoms in total. The van der Waals surface area contributed by atoms with Gasteiger partial charge in [0.25, 0.3) is 0 Å². The Morgan fingerprint density at radius 2 is 1.61 bits per heavy atom. The Balaban J connectivity index is 1.99. The van der Waals surface area contributed by atoms with Crippen molar-refractivity contribution >= 4 is 39.0 Å². The molecule has 10 heteroatoms. The van der Waals surface area contributed by atoms with Crippen molar-refractivity contribution in [2.75, 3.05) is 0 Å². The Morgan fingerprint density at radius 3 is 2.29 bits per heavy atom. The molecule has 31 heavy (non-hydrogen) atoms. The molecule has 4 aromatic rings. The van der Waals surface area contributed by atoms with E-state index in [-0.39, 0.29) is 26.2 Å². The molecular formula is C21H13Cl2N3O4S. The van der Waals surface area contributed by atoms with Crippen molar-refractivity contribution < 1.29 is 18.3 Å². The van der Waals surface area contributed by atoms with Crippen molar-refractivity contribution in [3.8, 4) is 16.9 Å². The monoisotopic (exact) mass is 473 g/mol. The van der Waals surface area contributed by atoms with Gasteiger partial charge in [0, 0.05) is 15.6 Å². The number of aromatic carboxylic acids is 1. The molecule has 0 aliphatic rings. The number of hydrogen-bond acceptors (Lipinski definition) is 5. The lowest BCUT2D eigenvalue weighted by Gasteiger charge is -2.10. The fraction of sp³-hybridized carbons (Fsp3) is 0. The zero-order chi connectivity index (χ0) is 22.2. The van der Waals surface area contributed by atoms with E-state index in [2.05, 4.69) is 10.3 Å². The zero-order valence-electron chi connectivity index (χ0n) is 15.6. The first-order chi connectivity index (χ1) is 14.8. The highest BCUT2D eigenvalue weighted by molar-refractivity contribution is 7.91.